The van der Waals surface area contributed by atoms with Crippen LogP contribution in [-0.4, -0.2) is 26.2 Å². The number of carbonyl (C=O) groups is 1. The van der Waals surface area contributed by atoms with E-state index in [1.165, 1.54) is 11.8 Å². The third kappa shape index (κ3) is 4.19. The lowest BCUT2D eigenvalue weighted by molar-refractivity contribution is 0.0994. The number of para-hydroxylation sites is 1. The van der Waals surface area contributed by atoms with Crippen molar-refractivity contribution in [1.29, 1.82) is 0 Å². The van der Waals surface area contributed by atoms with Crippen molar-refractivity contribution in [2.45, 2.75) is 37.9 Å². The van der Waals surface area contributed by atoms with E-state index >= 15 is 0 Å². The Labute approximate surface area is 172 Å². The highest BCUT2D eigenvalue weighted by Gasteiger charge is 2.24. The van der Waals surface area contributed by atoms with Gasteiger partial charge in [0.1, 0.15) is 5.75 Å². The molecule has 0 aliphatic rings. The first kappa shape index (κ1) is 19.3. The van der Waals surface area contributed by atoms with Gasteiger partial charge in [-0.15, -0.1) is 10.2 Å². The molecule has 1 atom stereocenters. The third-order valence-electron chi connectivity index (χ3n) is 4.59. The smallest absolute Gasteiger partial charge is 0.277 e. The Kier molecular flexibility index (Phi) is 5.40. The second-order valence-corrected chi connectivity index (χ2v) is 8.15. The number of ketones is 1. The minimum Gasteiger partial charge on any atom is -0.484 e. The number of nitrogens with one attached hydrogen (secondary N) is 1. The summed E-state index contributed by atoms with van der Waals surface area (Å²) < 4.78 is 11.3. The van der Waals surface area contributed by atoms with Gasteiger partial charge in [-0.1, -0.05) is 42.1 Å². The molecule has 0 aliphatic heterocycles. The molecule has 4 rings (SSSR count). The van der Waals surface area contributed by atoms with Crippen LogP contribution in [0.4, 0.5) is 0 Å². The monoisotopic (exact) mass is 407 g/mol. The van der Waals surface area contributed by atoms with Gasteiger partial charge in [0.05, 0.1) is 5.25 Å². The molecule has 148 valence electrons. The summed E-state index contributed by atoms with van der Waals surface area (Å²) in [6.07, 6.45) is 0. The molecular formula is C22H21N3O3S. The van der Waals surface area contributed by atoms with E-state index in [9.17, 15) is 4.79 Å². The summed E-state index contributed by atoms with van der Waals surface area (Å²) in [5.74, 6) is 1.15. The zero-order valence-electron chi connectivity index (χ0n) is 16.4. The molecule has 1 N–H and O–H groups in total. The van der Waals surface area contributed by atoms with Gasteiger partial charge < -0.3 is 14.1 Å². The molecule has 29 heavy (non-hydrogen) atoms. The van der Waals surface area contributed by atoms with Crippen LogP contribution in [-0.2, 0) is 6.61 Å². The standard InChI is InChI=1S/C22H21N3O3S/c1-13-7-6-8-16(11-13)27-12-19-24-25-22(28-19)29-15(3)21(26)20-14(2)23-18-10-5-4-9-17(18)20/h4-11,15,23H,12H2,1-3H3. The Balaban J connectivity index is 1.42. The van der Waals surface area contributed by atoms with Gasteiger partial charge in [-0.05, 0) is 44.5 Å². The van der Waals surface area contributed by atoms with Crippen LogP contribution in [0.1, 0.15) is 34.4 Å². The van der Waals surface area contributed by atoms with Crippen molar-refractivity contribution >= 4 is 28.4 Å². The lowest BCUT2D eigenvalue weighted by Crippen LogP contribution is -2.14. The van der Waals surface area contributed by atoms with Crippen molar-refractivity contribution in [3.63, 3.8) is 0 Å². The van der Waals surface area contributed by atoms with Gasteiger partial charge >= 0.3 is 0 Å². The van der Waals surface area contributed by atoms with Crippen molar-refractivity contribution in [3.05, 3.63) is 71.2 Å². The number of ether oxygens (including phenoxy) is 1. The minimum absolute atomic E-state index is 0.0284. The van der Waals surface area contributed by atoms with Gasteiger partial charge in [-0.2, -0.15) is 0 Å². The molecule has 2 heterocycles. The average molecular weight is 407 g/mol. The van der Waals surface area contributed by atoms with Crippen LogP contribution in [0.3, 0.4) is 0 Å². The molecule has 0 fully saturated rings. The predicted molar refractivity (Wildman–Crippen MR) is 112 cm³/mol. The van der Waals surface area contributed by atoms with E-state index in [0.29, 0.717) is 16.7 Å². The van der Waals surface area contributed by atoms with Gasteiger partial charge in [0, 0.05) is 22.2 Å². The van der Waals surface area contributed by atoms with Crippen molar-refractivity contribution in [1.82, 2.24) is 15.2 Å². The molecule has 7 heteroatoms. The van der Waals surface area contributed by atoms with Crippen LogP contribution in [0.2, 0.25) is 0 Å². The second-order valence-electron chi connectivity index (χ2n) is 6.86. The van der Waals surface area contributed by atoms with Gasteiger partial charge in [-0.25, -0.2) is 0 Å². The Morgan fingerprint density at radius 3 is 2.83 bits per heavy atom. The molecule has 0 radical (unpaired) electrons. The highest BCUT2D eigenvalue weighted by atomic mass is 32.2. The highest BCUT2D eigenvalue weighted by Crippen LogP contribution is 2.29. The Morgan fingerprint density at radius 2 is 2.00 bits per heavy atom. The fraction of sp³-hybridized carbons (Fsp3) is 0.227. The van der Waals surface area contributed by atoms with Crippen LogP contribution < -0.4 is 4.74 Å². The number of Topliss-reactive ketones (excluding diaryl/α,β-unsaturated/α-hetero) is 1. The van der Waals surface area contributed by atoms with E-state index in [2.05, 4.69) is 15.2 Å². The van der Waals surface area contributed by atoms with Crippen LogP contribution in [0.15, 0.2) is 58.2 Å². The van der Waals surface area contributed by atoms with E-state index in [0.717, 1.165) is 27.9 Å². The summed E-state index contributed by atoms with van der Waals surface area (Å²) in [6, 6.07) is 15.6. The van der Waals surface area contributed by atoms with Gasteiger partial charge in [0.15, 0.2) is 12.4 Å². The molecule has 0 saturated carbocycles. The predicted octanol–water partition coefficient (Wildman–Crippen LogP) is 5.11. The largest absolute Gasteiger partial charge is 0.484 e. The van der Waals surface area contributed by atoms with Gasteiger partial charge in [0.2, 0.25) is 0 Å². The van der Waals surface area contributed by atoms with E-state index in [4.69, 9.17) is 9.15 Å². The second kappa shape index (κ2) is 8.13. The molecule has 0 amide bonds. The Hall–Kier alpha value is -3.06. The fourth-order valence-corrected chi connectivity index (χ4v) is 3.96. The number of benzene rings is 2. The molecule has 0 spiro atoms. The van der Waals surface area contributed by atoms with E-state index < -0.39 is 0 Å². The summed E-state index contributed by atoms with van der Waals surface area (Å²) in [7, 11) is 0. The maximum absolute atomic E-state index is 13.0. The number of nitrogens with zero attached hydrogens (tertiary/aromatic N) is 2. The number of hydrogen-bond donors (Lipinski definition) is 1. The van der Waals surface area contributed by atoms with E-state index in [-0.39, 0.29) is 17.6 Å². The average Bonchev–Trinajstić information content (AvgIpc) is 3.28. The molecule has 6 nitrogen and oxygen atoms in total. The van der Waals surface area contributed by atoms with Crippen LogP contribution in [0, 0.1) is 13.8 Å². The molecule has 2 aromatic carbocycles. The normalized spacial score (nSPS) is 12.2. The Morgan fingerprint density at radius 1 is 1.17 bits per heavy atom. The number of hydrogen-bond acceptors (Lipinski definition) is 6. The maximum atomic E-state index is 13.0. The van der Waals surface area contributed by atoms with Gasteiger partial charge in [0.25, 0.3) is 11.1 Å². The first-order chi connectivity index (χ1) is 14.0. The SMILES string of the molecule is Cc1cccc(OCc2nnc(SC(C)C(=O)c3c(C)[nH]c4ccccc34)o2)c1. The zero-order chi connectivity index (χ0) is 20.4. The summed E-state index contributed by atoms with van der Waals surface area (Å²) in [4.78, 5) is 16.3. The molecule has 0 aliphatic carbocycles. The first-order valence-corrected chi connectivity index (χ1v) is 10.2. The maximum Gasteiger partial charge on any atom is 0.277 e. The molecule has 2 aromatic heterocycles. The quantitative estimate of drug-likeness (QED) is 0.339. The Bertz CT molecular complexity index is 1170. The number of rotatable bonds is 7. The minimum atomic E-state index is -0.362. The summed E-state index contributed by atoms with van der Waals surface area (Å²) >= 11 is 1.25. The summed E-state index contributed by atoms with van der Waals surface area (Å²) in [5, 5.41) is 8.98. The van der Waals surface area contributed by atoms with Crippen molar-refractivity contribution in [2.75, 3.05) is 0 Å². The summed E-state index contributed by atoms with van der Waals surface area (Å²) in [5.41, 5.74) is 3.65. The molecule has 0 saturated heterocycles. The van der Waals surface area contributed by atoms with Crippen LogP contribution in [0.25, 0.3) is 10.9 Å². The number of carbonyl (C=O) groups excluding carboxylic acids is 1. The molecular weight excluding hydrogens is 386 g/mol. The number of fused-ring (bicyclic) bond motifs is 1. The first-order valence-electron chi connectivity index (χ1n) is 9.31. The molecule has 1 unspecified atom stereocenters. The number of aromatic nitrogens is 3. The van der Waals surface area contributed by atoms with Crippen molar-refractivity contribution in [3.8, 4) is 5.75 Å². The van der Waals surface area contributed by atoms with Crippen LogP contribution >= 0.6 is 11.8 Å². The summed E-state index contributed by atoms with van der Waals surface area (Å²) in [6.45, 7) is 5.95. The van der Waals surface area contributed by atoms with E-state index in [1.54, 1.807) is 0 Å². The highest BCUT2D eigenvalue weighted by molar-refractivity contribution is 8.00. The lowest BCUT2D eigenvalue weighted by atomic mass is 10.1. The number of aryl methyl sites for hydroxylation is 2. The molecule has 4 aromatic rings. The number of thioether (sulfide) groups is 1. The van der Waals surface area contributed by atoms with Crippen molar-refractivity contribution in [2.24, 2.45) is 0 Å². The van der Waals surface area contributed by atoms with E-state index in [1.807, 2.05) is 69.3 Å². The number of aromatic amines is 1. The lowest BCUT2D eigenvalue weighted by Gasteiger charge is -2.08. The van der Waals surface area contributed by atoms with Gasteiger partial charge in [-0.3, -0.25) is 4.79 Å². The third-order valence-corrected chi connectivity index (χ3v) is 5.52. The topological polar surface area (TPSA) is 81.0 Å². The fourth-order valence-electron chi connectivity index (χ4n) is 3.20. The van der Waals surface area contributed by atoms with Crippen LogP contribution in [0.5, 0.6) is 5.75 Å². The van der Waals surface area contributed by atoms with Crippen molar-refractivity contribution < 1.29 is 13.9 Å². The number of H-pyrrole nitrogens is 1. The zero-order valence-corrected chi connectivity index (χ0v) is 17.2. The molecule has 0 bridgehead atoms.